The topological polar surface area (TPSA) is 61.5 Å². The highest BCUT2D eigenvalue weighted by molar-refractivity contribution is 8.00. The fraction of sp³-hybridized carbons (Fsp3) is 0.250. The van der Waals surface area contributed by atoms with Gasteiger partial charge in [-0.3, -0.25) is 0 Å². The second kappa shape index (κ2) is 7.44. The third-order valence-electron chi connectivity index (χ3n) is 4.28. The number of rotatable bonds is 5. The van der Waals surface area contributed by atoms with E-state index in [0.717, 1.165) is 33.5 Å². The van der Waals surface area contributed by atoms with Gasteiger partial charge >= 0.3 is 0 Å². The Morgan fingerprint density at radius 2 is 1.85 bits per heavy atom. The largest absolute Gasteiger partial charge is 0.497 e. The van der Waals surface area contributed by atoms with Crippen LogP contribution < -0.4 is 9.47 Å². The molecule has 0 amide bonds. The Balaban J connectivity index is 1.74. The van der Waals surface area contributed by atoms with Crippen molar-refractivity contribution in [2.75, 3.05) is 13.7 Å². The van der Waals surface area contributed by atoms with Crippen molar-refractivity contribution < 1.29 is 9.47 Å². The van der Waals surface area contributed by atoms with Crippen molar-refractivity contribution in [3.8, 4) is 22.9 Å². The van der Waals surface area contributed by atoms with Crippen molar-refractivity contribution in [1.29, 1.82) is 0 Å². The normalized spacial score (nSPS) is 15.8. The summed E-state index contributed by atoms with van der Waals surface area (Å²) in [7, 11) is 1.65. The second-order valence-corrected chi connectivity index (χ2v) is 7.36. The molecule has 0 saturated heterocycles. The fourth-order valence-electron chi connectivity index (χ4n) is 2.96. The van der Waals surface area contributed by atoms with Crippen LogP contribution in [-0.4, -0.2) is 39.6 Å². The maximum Gasteiger partial charge on any atom is 0.213 e. The molecular formula is C20H20N4O2S. The Morgan fingerprint density at radius 1 is 1.04 bits per heavy atom. The zero-order valence-corrected chi connectivity index (χ0v) is 16.2. The molecule has 0 fully saturated rings. The minimum Gasteiger partial charge on any atom is -0.497 e. The van der Waals surface area contributed by atoms with Crippen LogP contribution in [0.15, 0.2) is 58.8 Å². The lowest BCUT2D eigenvalue weighted by molar-refractivity contribution is 0.340. The van der Waals surface area contributed by atoms with Crippen LogP contribution in [0.5, 0.6) is 11.5 Å². The Morgan fingerprint density at radius 3 is 2.59 bits per heavy atom. The van der Waals surface area contributed by atoms with Gasteiger partial charge in [-0.15, -0.1) is 10.2 Å². The molecule has 0 bridgehead atoms. The molecule has 7 heteroatoms. The summed E-state index contributed by atoms with van der Waals surface area (Å²) in [5.74, 6) is 2.34. The highest BCUT2D eigenvalue weighted by atomic mass is 32.2. The Labute approximate surface area is 162 Å². The number of ether oxygens (including phenoxy) is 2. The minimum absolute atomic E-state index is 0.179. The van der Waals surface area contributed by atoms with Gasteiger partial charge in [0.15, 0.2) is 5.82 Å². The van der Waals surface area contributed by atoms with Crippen LogP contribution in [0.4, 0.5) is 0 Å². The zero-order chi connectivity index (χ0) is 18.8. The van der Waals surface area contributed by atoms with Gasteiger partial charge in [0.25, 0.3) is 0 Å². The molecule has 2 aromatic carbocycles. The van der Waals surface area contributed by atoms with Gasteiger partial charge in [-0.1, -0.05) is 23.9 Å². The van der Waals surface area contributed by atoms with E-state index in [4.69, 9.17) is 14.6 Å². The fourth-order valence-corrected chi connectivity index (χ4v) is 3.88. The smallest absolute Gasteiger partial charge is 0.213 e. The maximum absolute atomic E-state index is 5.54. The number of aromatic nitrogens is 3. The first kappa shape index (κ1) is 17.6. The Kier molecular flexibility index (Phi) is 4.85. The SMILES string of the molecule is CCOc1ccc(C2=Nn3c(nnc3-c3cccc(OC)c3)S[C@H]2C)cc1. The first-order valence-corrected chi connectivity index (χ1v) is 9.66. The Hall–Kier alpha value is -2.80. The number of fused-ring (bicyclic) bond motifs is 1. The molecule has 1 aliphatic rings. The predicted octanol–water partition coefficient (Wildman–Crippen LogP) is 4.10. The van der Waals surface area contributed by atoms with Gasteiger partial charge in [0.1, 0.15) is 11.5 Å². The minimum atomic E-state index is 0.179. The molecule has 138 valence electrons. The van der Waals surface area contributed by atoms with Crippen molar-refractivity contribution in [1.82, 2.24) is 14.9 Å². The quantitative estimate of drug-likeness (QED) is 0.667. The van der Waals surface area contributed by atoms with Crippen molar-refractivity contribution in [3.63, 3.8) is 0 Å². The van der Waals surface area contributed by atoms with E-state index in [1.54, 1.807) is 18.9 Å². The first-order chi connectivity index (χ1) is 13.2. The number of hydrogen-bond acceptors (Lipinski definition) is 6. The number of nitrogens with zero attached hydrogens (tertiary/aromatic N) is 4. The average molecular weight is 380 g/mol. The summed E-state index contributed by atoms with van der Waals surface area (Å²) in [4.78, 5) is 0. The standard InChI is InChI=1S/C20H20N4O2S/c1-4-26-16-10-8-14(9-11-16)18-13(2)27-20-22-21-19(24(20)23-18)15-6-5-7-17(12-15)25-3/h5-13H,4H2,1-3H3/t13-/m0/s1. The molecule has 0 N–H and O–H groups in total. The maximum atomic E-state index is 5.54. The molecule has 4 rings (SSSR count). The molecule has 1 atom stereocenters. The van der Waals surface area contributed by atoms with Crippen LogP contribution >= 0.6 is 11.8 Å². The third-order valence-corrected chi connectivity index (χ3v) is 5.32. The van der Waals surface area contributed by atoms with Gasteiger partial charge in [0, 0.05) is 5.56 Å². The molecule has 3 aromatic rings. The van der Waals surface area contributed by atoms with Crippen LogP contribution in [0, 0.1) is 0 Å². The van der Waals surface area contributed by atoms with Crippen LogP contribution in [0.2, 0.25) is 0 Å². The van der Waals surface area contributed by atoms with Crippen LogP contribution in [0.3, 0.4) is 0 Å². The van der Waals surface area contributed by atoms with Gasteiger partial charge in [-0.2, -0.15) is 9.78 Å². The summed E-state index contributed by atoms with van der Waals surface area (Å²) in [5, 5.41) is 14.5. The van der Waals surface area contributed by atoms with Crippen LogP contribution in [0.1, 0.15) is 19.4 Å². The van der Waals surface area contributed by atoms with E-state index in [9.17, 15) is 0 Å². The van der Waals surface area contributed by atoms with E-state index in [2.05, 4.69) is 17.1 Å². The van der Waals surface area contributed by atoms with Crippen molar-refractivity contribution in [2.24, 2.45) is 5.10 Å². The molecule has 6 nitrogen and oxygen atoms in total. The lowest BCUT2D eigenvalue weighted by Crippen LogP contribution is -2.21. The van der Waals surface area contributed by atoms with E-state index in [1.807, 2.05) is 60.1 Å². The molecule has 1 aromatic heterocycles. The molecule has 0 saturated carbocycles. The van der Waals surface area contributed by atoms with Crippen molar-refractivity contribution in [3.05, 3.63) is 54.1 Å². The molecule has 0 spiro atoms. The summed E-state index contributed by atoms with van der Waals surface area (Å²) < 4.78 is 12.7. The molecule has 0 radical (unpaired) electrons. The predicted molar refractivity (Wildman–Crippen MR) is 107 cm³/mol. The number of thioether (sulfide) groups is 1. The van der Waals surface area contributed by atoms with Gasteiger partial charge < -0.3 is 9.47 Å². The second-order valence-electron chi connectivity index (χ2n) is 6.05. The lowest BCUT2D eigenvalue weighted by atomic mass is 10.1. The van der Waals surface area contributed by atoms with E-state index < -0.39 is 0 Å². The van der Waals surface area contributed by atoms with Crippen LogP contribution in [-0.2, 0) is 0 Å². The number of hydrogen-bond donors (Lipinski definition) is 0. The summed E-state index contributed by atoms with van der Waals surface area (Å²) in [6.07, 6.45) is 0. The summed E-state index contributed by atoms with van der Waals surface area (Å²) >= 11 is 1.65. The monoisotopic (exact) mass is 380 g/mol. The summed E-state index contributed by atoms with van der Waals surface area (Å²) in [5.41, 5.74) is 2.96. The van der Waals surface area contributed by atoms with Gasteiger partial charge in [-0.25, -0.2) is 0 Å². The highest BCUT2D eigenvalue weighted by Gasteiger charge is 2.26. The Bertz CT molecular complexity index is 982. The highest BCUT2D eigenvalue weighted by Crippen LogP contribution is 2.33. The van der Waals surface area contributed by atoms with Crippen molar-refractivity contribution in [2.45, 2.75) is 24.3 Å². The molecule has 2 heterocycles. The van der Waals surface area contributed by atoms with Crippen molar-refractivity contribution >= 4 is 17.5 Å². The van der Waals surface area contributed by atoms with E-state index in [0.29, 0.717) is 12.4 Å². The molecule has 0 unspecified atom stereocenters. The number of methoxy groups -OCH3 is 1. The third kappa shape index (κ3) is 3.42. The molecule has 0 aliphatic carbocycles. The van der Waals surface area contributed by atoms with E-state index in [1.165, 1.54) is 0 Å². The van der Waals surface area contributed by atoms with E-state index in [-0.39, 0.29) is 5.25 Å². The summed E-state index contributed by atoms with van der Waals surface area (Å²) in [6, 6.07) is 15.8. The lowest BCUT2D eigenvalue weighted by Gasteiger charge is -2.20. The summed E-state index contributed by atoms with van der Waals surface area (Å²) in [6.45, 7) is 4.76. The van der Waals surface area contributed by atoms with Gasteiger partial charge in [0.2, 0.25) is 5.16 Å². The van der Waals surface area contributed by atoms with Gasteiger partial charge in [0.05, 0.1) is 24.7 Å². The van der Waals surface area contributed by atoms with Gasteiger partial charge in [-0.05, 0) is 55.8 Å². The average Bonchev–Trinajstić information content (AvgIpc) is 3.11. The first-order valence-electron chi connectivity index (χ1n) is 8.78. The molecule has 1 aliphatic heterocycles. The number of benzene rings is 2. The zero-order valence-electron chi connectivity index (χ0n) is 15.4. The van der Waals surface area contributed by atoms with E-state index >= 15 is 0 Å². The molecular weight excluding hydrogens is 360 g/mol. The van der Waals surface area contributed by atoms with Crippen LogP contribution in [0.25, 0.3) is 11.4 Å². The molecule has 27 heavy (non-hydrogen) atoms.